The quantitative estimate of drug-likeness (QED) is 0.680. The van der Waals surface area contributed by atoms with E-state index in [1.54, 1.807) is 29.2 Å². The van der Waals surface area contributed by atoms with Gasteiger partial charge in [0.05, 0.1) is 18.0 Å². The molecule has 0 aliphatic rings. The number of furan rings is 1. The largest absolute Gasteiger partial charge is 0.465 e. The normalized spacial score (nSPS) is 12.4. The maximum absolute atomic E-state index is 12.0. The van der Waals surface area contributed by atoms with E-state index in [0.29, 0.717) is 11.6 Å². The average Bonchev–Trinajstić information content (AvgIpc) is 3.24. The summed E-state index contributed by atoms with van der Waals surface area (Å²) in [6, 6.07) is 10.7. The van der Waals surface area contributed by atoms with Crippen molar-refractivity contribution < 1.29 is 9.21 Å². The molecule has 2 heterocycles. The van der Waals surface area contributed by atoms with Gasteiger partial charge in [0.1, 0.15) is 5.76 Å². The van der Waals surface area contributed by atoms with E-state index in [1.165, 1.54) is 6.08 Å². The van der Waals surface area contributed by atoms with Crippen molar-refractivity contribution in [1.29, 1.82) is 0 Å². The average molecular weight is 388 g/mol. The number of amides is 1. The number of tetrazole rings is 1. The number of aromatic nitrogens is 4. The van der Waals surface area contributed by atoms with Crippen LogP contribution < -0.4 is 5.32 Å². The zero-order chi connectivity index (χ0) is 16.9. The van der Waals surface area contributed by atoms with E-state index in [-0.39, 0.29) is 11.9 Å². The summed E-state index contributed by atoms with van der Waals surface area (Å²) in [5.74, 6) is 0.882. The molecule has 0 saturated heterocycles. The first-order valence-corrected chi connectivity index (χ1v) is 7.99. The van der Waals surface area contributed by atoms with Gasteiger partial charge in [-0.25, -0.2) is 0 Å². The SMILES string of the molecule is CC(NC(=O)/C=C/c1ccco1)c1nnnn1-c1cccc(Br)c1. The Morgan fingerprint density at radius 3 is 3.00 bits per heavy atom. The molecule has 3 aromatic rings. The minimum Gasteiger partial charge on any atom is -0.465 e. The predicted molar refractivity (Wildman–Crippen MR) is 91.2 cm³/mol. The molecular formula is C16H14BrN5O2. The highest BCUT2D eigenvalue weighted by Crippen LogP contribution is 2.18. The number of hydrogen-bond donors (Lipinski definition) is 1. The molecule has 0 aliphatic carbocycles. The summed E-state index contributed by atoms with van der Waals surface area (Å²) >= 11 is 3.42. The molecule has 2 aromatic heterocycles. The Morgan fingerprint density at radius 2 is 2.25 bits per heavy atom. The van der Waals surface area contributed by atoms with Gasteiger partial charge in [-0.1, -0.05) is 22.0 Å². The zero-order valence-electron chi connectivity index (χ0n) is 12.8. The van der Waals surface area contributed by atoms with Gasteiger partial charge in [0.25, 0.3) is 0 Å². The lowest BCUT2D eigenvalue weighted by molar-refractivity contribution is -0.117. The molecular weight excluding hydrogens is 374 g/mol. The highest BCUT2D eigenvalue weighted by molar-refractivity contribution is 9.10. The van der Waals surface area contributed by atoms with Crippen molar-refractivity contribution in [2.75, 3.05) is 0 Å². The van der Waals surface area contributed by atoms with E-state index in [9.17, 15) is 4.79 Å². The van der Waals surface area contributed by atoms with Gasteiger partial charge in [-0.3, -0.25) is 4.79 Å². The van der Waals surface area contributed by atoms with Gasteiger partial charge in [-0.2, -0.15) is 4.68 Å². The third-order valence-corrected chi connectivity index (χ3v) is 3.73. The molecule has 8 heteroatoms. The van der Waals surface area contributed by atoms with Crippen LogP contribution in [-0.2, 0) is 4.79 Å². The monoisotopic (exact) mass is 387 g/mol. The molecule has 0 aliphatic heterocycles. The van der Waals surface area contributed by atoms with Crippen LogP contribution in [0.3, 0.4) is 0 Å². The summed E-state index contributed by atoms with van der Waals surface area (Å²) in [6.07, 6.45) is 4.55. The maximum Gasteiger partial charge on any atom is 0.244 e. The molecule has 0 bridgehead atoms. The molecule has 122 valence electrons. The van der Waals surface area contributed by atoms with Crippen LogP contribution in [0.5, 0.6) is 0 Å². The number of hydrogen-bond acceptors (Lipinski definition) is 5. The smallest absolute Gasteiger partial charge is 0.244 e. The van der Waals surface area contributed by atoms with E-state index >= 15 is 0 Å². The Kier molecular flexibility index (Phi) is 4.85. The van der Waals surface area contributed by atoms with E-state index < -0.39 is 0 Å². The number of nitrogens with one attached hydrogen (secondary N) is 1. The molecule has 0 radical (unpaired) electrons. The highest BCUT2D eigenvalue weighted by Gasteiger charge is 2.17. The lowest BCUT2D eigenvalue weighted by Gasteiger charge is -2.12. The van der Waals surface area contributed by atoms with E-state index in [1.807, 2.05) is 31.2 Å². The predicted octanol–water partition coefficient (Wildman–Crippen LogP) is 2.91. The third kappa shape index (κ3) is 3.77. The molecule has 1 atom stereocenters. The summed E-state index contributed by atoms with van der Waals surface area (Å²) in [7, 11) is 0. The minimum atomic E-state index is -0.368. The number of benzene rings is 1. The number of halogens is 1. The van der Waals surface area contributed by atoms with Crippen LogP contribution in [0.1, 0.15) is 24.6 Å². The molecule has 1 aromatic carbocycles. The summed E-state index contributed by atoms with van der Waals surface area (Å²) < 4.78 is 7.65. The summed E-state index contributed by atoms with van der Waals surface area (Å²) in [4.78, 5) is 12.0. The van der Waals surface area contributed by atoms with Gasteiger partial charge in [0.2, 0.25) is 5.91 Å². The highest BCUT2D eigenvalue weighted by atomic mass is 79.9. The molecule has 1 N–H and O–H groups in total. The first-order valence-electron chi connectivity index (χ1n) is 7.20. The number of rotatable bonds is 5. The lowest BCUT2D eigenvalue weighted by atomic mass is 10.2. The first kappa shape index (κ1) is 16.1. The van der Waals surface area contributed by atoms with E-state index in [4.69, 9.17) is 4.42 Å². The summed E-state index contributed by atoms with van der Waals surface area (Å²) in [5.41, 5.74) is 0.802. The van der Waals surface area contributed by atoms with Gasteiger partial charge in [0, 0.05) is 10.5 Å². The Morgan fingerprint density at radius 1 is 1.38 bits per heavy atom. The Bertz CT molecular complexity index is 857. The fourth-order valence-corrected chi connectivity index (χ4v) is 2.51. The van der Waals surface area contributed by atoms with Crippen LogP contribution >= 0.6 is 15.9 Å². The van der Waals surface area contributed by atoms with Crippen molar-refractivity contribution in [2.24, 2.45) is 0 Å². The second kappa shape index (κ2) is 7.22. The van der Waals surface area contributed by atoms with Gasteiger partial charge in [0.15, 0.2) is 5.82 Å². The molecule has 0 fully saturated rings. The van der Waals surface area contributed by atoms with Crippen molar-refractivity contribution >= 4 is 27.9 Å². The van der Waals surface area contributed by atoms with Crippen LogP contribution in [0.25, 0.3) is 11.8 Å². The van der Waals surface area contributed by atoms with Crippen LogP contribution in [-0.4, -0.2) is 26.1 Å². The van der Waals surface area contributed by atoms with Crippen molar-refractivity contribution in [1.82, 2.24) is 25.5 Å². The number of carbonyl (C=O) groups is 1. The topological polar surface area (TPSA) is 85.8 Å². The fraction of sp³-hybridized carbons (Fsp3) is 0.125. The van der Waals surface area contributed by atoms with Crippen molar-refractivity contribution in [3.8, 4) is 5.69 Å². The first-order chi connectivity index (χ1) is 11.6. The standard InChI is InChI=1S/C16H14BrN5O2/c1-11(18-15(23)8-7-14-6-3-9-24-14)16-19-20-21-22(16)13-5-2-4-12(17)10-13/h2-11H,1H3,(H,18,23)/b8-7+. The van der Waals surface area contributed by atoms with Crippen molar-refractivity contribution in [2.45, 2.75) is 13.0 Å². The maximum atomic E-state index is 12.0. The second-order valence-corrected chi connectivity index (χ2v) is 5.92. The van der Waals surface area contributed by atoms with Gasteiger partial charge in [-0.15, -0.1) is 5.10 Å². The molecule has 7 nitrogen and oxygen atoms in total. The zero-order valence-corrected chi connectivity index (χ0v) is 14.3. The summed E-state index contributed by atoms with van der Waals surface area (Å²) in [6.45, 7) is 1.82. The molecule has 1 amide bonds. The number of nitrogens with zero attached hydrogens (tertiary/aromatic N) is 4. The minimum absolute atomic E-state index is 0.261. The third-order valence-electron chi connectivity index (χ3n) is 3.23. The van der Waals surface area contributed by atoms with Gasteiger partial charge in [-0.05, 0) is 53.8 Å². The molecule has 3 rings (SSSR count). The second-order valence-electron chi connectivity index (χ2n) is 5.01. The Hall–Kier alpha value is -2.74. The summed E-state index contributed by atoms with van der Waals surface area (Å²) in [5, 5.41) is 14.5. The number of carbonyl (C=O) groups excluding carboxylic acids is 1. The van der Waals surface area contributed by atoms with E-state index in [2.05, 4.69) is 36.8 Å². The van der Waals surface area contributed by atoms with Gasteiger partial charge >= 0.3 is 0 Å². The van der Waals surface area contributed by atoms with Crippen molar-refractivity contribution in [3.63, 3.8) is 0 Å². The molecule has 0 saturated carbocycles. The molecule has 0 spiro atoms. The van der Waals surface area contributed by atoms with Crippen LogP contribution in [0.4, 0.5) is 0 Å². The Balaban J connectivity index is 1.73. The lowest BCUT2D eigenvalue weighted by Crippen LogP contribution is -2.27. The molecule has 24 heavy (non-hydrogen) atoms. The Labute approximate surface area is 146 Å². The van der Waals surface area contributed by atoms with Gasteiger partial charge < -0.3 is 9.73 Å². The van der Waals surface area contributed by atoms with Crippen LogP contribution in [0.15, 0.2) is 57.6 Å². The van der Waals surface area contributed by atoms with Crippen molar-refractivity contribution in [3.05, 3.63) is 64.8 Å². The molecule has 1 unspecified atom stereocenters. The van der Waals surface area contributed by atoms with Crippen LogP contribution in [0.2, 0.25) is 0 Å². The van der Waals surface area contributed by atoms with E-state index in [0.717, 1.165) is 10.2 Å². The van der Waals surface area contributed by atoms with Crippen LogP contribution in [0, 0.1) is 0 Å². The fourth-order valence-electron chi connectivity index (χ4n) is 2.13.